The first-order valence-corrected chi connectivity index (χ1v) is 5.34. The van der Waals surface area contributed by atoms with Crippen LogP contribution in [0.2, 0.25) is 0 Å². The average molecular weight is 214 g/mol. The molecule has 0 amide bonds. The molecule has 0 fully saturated rings. The van der Waals surface area contributed by atoms with E-state index in [0.29, 0.717) is 0 Å². The molecule has 0 aliphatic heterocycles. The summed E-state index contributed by atoms with van der Waals surface area (Å²) >= 11 is 0. The number of ether oxygens (including phenoxy) is 1. The van der Waals surface area contributed by atoms with Crippen LogP contribution in [0.1, 0.15) is 13.8 Å². The van der Waals surface area contributed by atoms with Crippen molar-refractivity contribution in [1.82, 2.24) is 0 Å². The second kappa shape index (κ2) is 5.70. The third-order valence-corrected chi connectivity index (χ3v) is 1.58. The molecule has 0 aromatic rings. The van der Waals surface area contributed by atoms with Crippen molar-refractivity contribution in [3.8, 4) is 0 Å². The lowest BCUT2D eigenvalue weighted by molar-refractivity contribution is -0.0175. The zero-order valence-corrected chi connectivity index (χ0v) is 8.48. The molecule has 3 N–H and O–H groups in total. The van der Waals surface area contributed by atoms with Gasteiger partial charge in [0.05, 0.1) is 25.4 Å². The fourth-order valence-corrected chi connectivity index (χ4v) is 0.958. The van der Waals surface area contributed by atoms with Gasteiger partial charge in [0.25, 0.3) is 0 Å². The summed E-state index contributed by atoms with van der Waals surface area (Å²) in [5.41, 5.74) is 0. The second-order valence-corrected chi connectivity index (χ2v) is 4.02. The summed E-state index contributed by atoms with van der Waals surface area (Å²) in [6.45, 7) is 3.07. The van der Waals surface area contributed by atoms with Crippen molar-refractivity contribution in [3.63, 3.8) is 0 Å². The van der Waals surface area contributed by atoms with Crippen LogP contribution in [0.4, 0.5) is 0 Å². The first-order valence-electron chi connectivity index (χ1n) is 3.81. The Morgan fingerprint density at radius 2 is 1.85 bits per heavy atom. The molecule has 0 spiro atoms. The van der Waals surface area contributed by atoms with Crippen molar-refractivity contribution in [1.29, 1.82) is 0 Å². The molecule has 80 valence electrons. The SMILES string of the molecule is CC(O)COC(C)COP(=O)(O)O. The predicted octanol–water partition coefficient (Wildman–Crippen LogP) is -0.118. The lowest BCUT2D eigenvalue weighted by atomic mass is 10.4. The number of rotatable bonds is 6. The highest BCUT2D eigenvalue weighted by Gasteiger charge is 2.16. The molecule has 0 heterocycles. The van der Waals surface area contributed by atoms with Crippen LogP contribution < -0.4 is 0 Å². The van der Waals surface area contributed by atoms with Crippen LogP contribution in [-0.2, 0) is 13.8 Å². The van der Waals surface area contributed by atoms with E-state index < -0.39 is 20.0 Å². The molecular formula is C6H15O6P. The lowest BCUT2D eigenvalue weighted by Crippen LogP contribution is -2.20. The molecular weight excluding hydrogens is 199 g/mol. The molecule has 13 heavy (non-hydrogen) atoms. The maximum Gasteiger partial charge on any atom is 0.469 e. The maximum absolute atomic E-state index is 10.2. The van der Waals surface area contributed by atoms with E-state index >= 15 is 0 Å². The minimum Gasteiger partial charge on any atom is -0.391 e. The average Bonchev–Trinajstić information content (AvgIpc) is 1.95. The normalized spacial score (nSPS) is 17.0. The zero-order chi connectivity index (χ0) is 10.5. The molecule has 2 unspecified atom stereocenters. The van der Waals surface area contributed by atoms with Gasteiger partial charge in [0.15, 0.2) is 0 Å². The highest BCUT2D eigenvalue weighted by Crippen LogP contribution is 2.35. The Balaban J connectivity index is 3.52. The quantitative estimate of drug-likeness (QED) is 0.533. The molecule has 7 heteroatoms. The van der Waals surface area contributed by atoms with Gasteiger partial charge in [0, 0.05) is 0 Å². The number of phosphoric ester groups is 1. The number of hydrogen-bond acceptors (Lipinski definition) is 4. The van der Waals surface area contributed by atoms with E-state index in [9.17, 15) is 4.57 Å². The van der Waals surface area contributed by atoms with Gasteiger partial charge in [-0.25, -0.2) is 4.57 Å². The molecule has 0 aromatic carbocycles. The van der Waals surface area contributed by atoms with E-state index in [1.165, 1.54) is 0 Å². The molecule has 0 aliphatic carbocycles. The van der Waals surface area contributed by atoms with E-state index in [0.717, 1.165) is 0 Å². The van der Waals surface area contributed by atoms with Crippen molar-refractivity contribution < 1.29 is 28.7 Å². The van der Waals surface area contributed by atoms with Crippen LogP contribution in [0.15, 0.2) is 0 Å². The van der Waals surface area contributed by atoms with Crippen LogP contribution in [0.5, 0.6) is 0 Å². The van der Waals surface area contributed by atoms with Crippen LogP contribution >= 0.6 is 7.82 Å². The monoisotopic (exact) mass is 214 g/mol. The highest BCUT2D eigenvalue weighted by molar-refractivity contribution is 7.46. The van der Waals surface area contributed by atoms with E-state index in [-0.39, 0.29) is 13.2 Å². The third-order valence-electron chi connectivity index (χ3n) is 1.10. The fraction of sp³-hybridized carbons (Fsp3) is 1.00. The van der Waals surface area contributed by atoms with Crippen LogP contribution in [0.3, 0.4) is 0 Å². The van der Waals surface area contributed by atoms with Gasteiger partial charge in [-0.15, -0.1) is 0 Å². The summed E-state index contributed by atoms with van der Waals surface area (Å²) < 4.78 is 19.4. The van der Waals surface area contributed by atoms with Crippen LogP contribution in [0, 0.1) is 0 Å². The molecule has 0 aliphatic rings. The Bertz CT molecular complexity index is 176. The Labute approximate surface area is 76.7 Å². The predicted molar refractivity (Wildman–Crippen MR) is 45.1 cm³/mol. The highest BCUT2D eigenvalue weighted by atomic mass is 31.2. The largest absolute Gasteiger partial charge is 0.469 e. The molecule has 6 nitrogen and oxygen atoms in total. The van der Waals surface area contributed by atoms with E-state index in [1.807, 2.05) is 0 Å². The van der Waals surface area contributed by atoms with Gasteiger partial charge < -0.3 is 19.6 Å². The fourth-order valence-electron chi connectivity index (χ4n) is 0.554. The second-order valence-electron chi connectivity index (χ2n) is 2.78. The molecule has 0 radical (unpaired) electrons. The third kappa shape index (κ3) is 9.95. The Morgan fingerprint density at radius 3 is 2.23 bits per heavy atom. The van der Waals surface area contributed by atoms with Crippen molar-refractivity contribution in [2.45, 2.75) is 26.1 Å². The summed E-state index contributed by atoms with van der Waals surface area (Å²) in [4.78, 5) is 16.7. The summed E-state index contributed by atoms with van der Waals surface area (Å²) in [6.07, 6.45) is -1.06. The van der Waals surface area contributed by atoms with E-state index in [4.69, 9.17) is 19.6 Å². The van der Waals surface area contributed by atoms with Crippen molar-refractivity contribution >= 4 is 7.82 Å². The minimum atomic E-state index is -4.41. The Kier molecular flexibility index (Phi) is 5.71. The van der Waals surface area contributed by atoms with Gasteiger partial charge in [-0.05, 0) is 13.8 Å². The molecule has 0 aromatic heterocycles. The van der Waals surface area contributed by atoms with Gasteiger partial charge in [-0.2, -0.15) is 0 Å². The van der Waals surface area contributed by atoms with Gasteiger partial charge in [-0.3, -0.25) is 4.52 Å². The Morgan fingerprint density at radius 1 is 1.31 bits per heavy atom. The Hall–Kier alpha value is 0.0300. The topological polar surface area (TPSA) is 96.2 Å². The van der Waals surface area contributed by atoms with Gasteiger partial charge >= 0.3 is 7.82 Å². The van der Waals surface area contributed by atoms with E-state index in [1.54, 1.807) is 13.8 Å². The summed E-state index contributed by atoms with van der Waals surface area (Å²) in [6, 6.07) is 0. The molecule has 2 atom stereocenters. The first-order chi connectivity index (χ1) is 5.81. The van der Waals surface area contributed by atoms with Crippen molar-refractivity contribution in [2.24, 2.45) is 0 Å². The minimum absolute atomic E-state index is 0.117. The maximum atomic E-state index is 10.2. The van der Waals surface area contributed by atoms with Gasteiger partial charge in [0.1, 0.15) is 0 Å². The zero-order valence-electron chi connectivity index (χ0n) is 7.58. The molecule has 0 saturated carbocycles. The smallest absolute Gasteiger partial charge is 0.391 e. The summed E-state index contributed by atoms with van der Waals surface area (Å²) in [5, 5.41) is 8.81. The number of hydrogen-bond donors (Lipinski definition) is 3. The number of aliphatic hydroxyl groups excluding tert-OH is 1. The number of aliphatic hydroxyl groups is 1. The van der Waals surface area contributed by atoms with Crippen molar-refractivity contribution in [2.75, 3.05) is 13.2 Å². The standard InChI is InChI=1S/C6H15O6P/c1-5(7)3-11-6(2)4-12-13(8,9)10/h5-7H,3-4H2,1-2H3,(H2,8,9,10). The van der Waals surface area contributed by atoms with Gasteiger partial charge in [-0.1, -0.05) is 0 Å². The molecule has 0 saturated heterocycles. The van der Waals surface area contributed by atoms with Crippen LogP contribution in [0.25, 0.3) is 0 Å². The van der Waals surface area contributed by atoms with Gasteiger partial charge in [0.2, 0.25) is 0 Å². The molecule has 0 bridgehead atoms. The lowest BCUT2D eigenvalue weighted by Gasteiger charge is -2.14. The van der Waals surface area contributed by atoms with Crippen LogP contribution in [-0.4, -0.2) is 40.3 Å². The summed E-state index contributed by atoms with van der Waals surface area (Å²) in [7, 11) is -4.41. The van der Waals surface area contributed by atoms with E-state index in [2.05, 4.69) is 4.52 Å². The molecule has 0 rings (SSSR count). The van der Waals surface area contributed by atoms with Crippen molar-refractivity contribution in [3.05, 3.63) is 0 Å². The summed E-state index contributed by atoms with van der Waals surface area (Å²) in [5.74, 6) is 0. The first kappa shape index (κ1) is 13.0. The number of phosphoric acid groups is 1.